The Balaban J connectivity index is 2.62. The minimum atomic E-state index is -2.85. The summed E-state index contributed by atoms with van der Waals surface area (Å²) in [5, 5.41) is 3.55. The summed E-state index contributed by atoms with van der Waals surface area (Å²) in [7, 11) is 1.51. The fraction of sp³-hybridized carbons (Fsp3) is 1.00. The predicted molar refractivity (Wildman–Crippen MR) is 84.9 cm³/mol. The molecule has 2 unspecified atom stereocenters. The van der Waals surface area contributed by atoms with Crippen molar-refractivity contribution in [3.8, 4) is 0 Å². The molecule has 1 rings (SSSR count). The number of nitrogens with one attached hydrogen (secondary N) is 1. The Morgan fingerprint density at radius 2 is 2.00 bits per heavy atom. The highest BCUT2D eigenvalue weighted by molar-refractivity contribution is 7.90. The lowest BCUT2D eigenvalue weighted by Crippen LogP contribution is -2.52. The molecule has 0 aromatic heterocycles. The number of hydrogen-bond donors (Lipinski definition) is 1. The van der Waals surface area contributed by atoms with Gasteiger partial charge in [-0.05, 0) is 53.0 Å². The van der Waals surface area contributed by atoms with E-state index in [-0.39, 0.29) is 0 Å². The highest BCUT2D eigenvalue weighted by Gasteiger charge is 2.27. The molecule has 6 heteroatoms. The van der Waals surface area contributed by atoms with E-state index in [1.165, 1.54) is 12.7 Å². The monoisotopic (exact) mass is 305 g/mol. The fourth-order valence-corrected chi connectivity index (χ4v) is 3.69. The van der Waals surface area contributed by atoms with Gasteiger partial charge in [-0.25, -0.2) is 8.42 Å². The van der Waals surface area contributed by atoms with Crippen molar-refractivity contribution in [3.05, 3.63) is 0 Å². The molecule has 2 atom stereocenters. The number of hydrogen-bond acceptors (Lipinski definition) is 5. The number of rotatable bonds is 7. The van der Waals surface area contributed by atoms with Crippen molar-refractivity contribution in [2.45, 2.75) is 38.3 Å². The summed E-state index contributed by atoms with van der Waals surface area (Å²) in [5.74, 6) is 0.293. The molecule has 0 aromatic rings. The smallest absolute Gasteiger partial charge is 0.147 e. The van der Waals surface area contributed by atoms with E-state index in [0.29, 0.717) is 17.8 Å². The Labute approximate surface area is 124 Å². The van der Waals surface area contributed by atoms with Crippen LogP contribution in [0, 0.1) is 0 Å². The lowest BCUT2D eigenvalue weighted by molar-refractivity contribution is 0.173. The summed E-state index contributed by atoms with van der Waals surface area (Å²) in [4.78, 5) is 4.81. The van der Waals surface area contributed by atoms with E-state index in [1.54, 1.807) is 0 Å². The lowest BCUT2D eigenvalue weighted by Gasteiger charge is -2.35. The maximum Gasteiger partial charge on any atom is 0.147 e. The van der Waals surface area contributed by atoms with Crippen LogP contribution in [-0.4, -0.2) is 82.6 Å². The molecule has 1 aliphatic rings. The number of nitrogens with zero attached hydrogens (tertiary/aromatic N) is 2. The summed E-state index contributed by atoms with van der Waals surface area (Å²) in [6, 6.07) is 0.828. The van der Waals surface area contributed by atoms with Gasteiger partial charge in [0.1, 0.15) is 9.84 Å². The van der Waals surface area contributed by atoms with Gasteiger partial charge in [0.2, 0.25) is 0 Å². The van der Waals surface area contributed by atoms with E-state index in [4.69, 9.17) is 0 Å². The van der Waals surface area contributed by atoms with E-state index in [9.17, 15) is 8.42 Å². The van der Waals surface area contributed by atoms with E-state index >= 15 is 0 Å². The van der Waals surface area contributed by atoms with E-state index < -0.39 is 9.84 Å². The molecule has 0 spiro atoms. The third-order valence-electron chi connectivity index (χ3n) is 4.08. The average molecular weight is 305 g/mol. The van der Waals surface area contributed by atoms with Crippen LogP contribution in [0.25, 0.3) is 0 Å². The molecule has 0 radical (unpaired) electrons. The third-order valence-corrected chi connectivity index (χ3v) is 5.11. The van der Waals surface area contributed by atoms with E-state index in [1.807, 2.05) is 0 Å². The first-order valence-electron chi connectivity index (χ1n) is 7.63. The van der Waals surface area contributed by atoms with Gasteiger partial charge in [0.15, 0.2) is 0 Å². The molecule has 120 valence electrons. The van der Waals surface area contributed by atoms with Gasteiger partial charge in [-0.15, -0.1) is 0 Å². The van der Waals surface area contributed by atoms with Crippen LogP contribution in [0.1, 0.15) is 26.2 Å². The van der Waals surface area contributed by atoms with Crippen LogP contribution in [0.4, 0.5) is 0 Å². The van der Waals surface area contributed by atoms with Crippen molar-refractivity contribution < 1.29 is 8.42 Å². The van der Waals surface area contributed by atoms with Crippen molar-refractivity contribution in [3.63, 3.8) is 0 Å². The molecule has 1 aliphatic heterocycles. The first-order chi connectivity index (χ1) is 9.33. The van der Waals surface area contributed by atoms with Gasteiger partial charge in [-0.1, -0.05) is 6.92 Å². The highest BCUT2D eigenvalue weighted by Crippen LogP contribution is 2.14. The second kappa shape index (κ2) is 8.32. The van der Waals surface area contributed by atoms with Crippen molar-refractivity contribution in [2.75, 3.05) is 52.3 Å². The predicted octanol–water partition coefficient (Wildman–Crippen LogP) is 0.425. The largest absolute Gasteiger partial charge is 0.313 e. The minimum absolute atomic E-state index is 0.293. The Morgan fingerprint density at radius 3 is 2.60 bits per heavy atom. The Bertz CT molecular complexity index is 373. The van der Waals surface area contributed by atoms with Crippen LogP contribution >= 0.6 is 0 Å². The maximum absolute atomic E-state index is 11.3. The zero-order chi connectivity index (χ0) is 15.2. The fourth-order valence-electron chi connectivity index (χ4n) is 3.00. The summed E-state index contributed by atoms with van der Waals surface area (Å²) >= 11 is 0. The van der Waals surface area contributed by atoms with E-state index in [2.05, 4.69) is 36.1 Å². The molecule has 0 aliphatic carbocycles. The summed E-state index contributed by atoms with van der Waals surface area (Å²) in [6.07, 6.45) is 4.18. The molecule has 1 saturated heterocycles. The molecule has 1 N–H and O–H groups in total. The van der Waals surface area contributed by atoms with Crippen LogP contribution in [0.15, 0.2) is 0 Å². The number of likely N-dealkylation sites (N-methyl/N-ethyl adjacent to an activating group) is 3. The molecule has 1 heterocycles. The Morgan fingerprint density at radius 1 is 1.30 bits per heavy atom. The van der Waals surface area contributed by atoms with Crippen LogP contribution in [0.3, 0.4) is 0 Å². The molecular weight excluding hydrogens is 274 g/mol. The van der Waals surface area contributed by atoms with Gasteiger partial charge < -0.3 is 15.1 Å². The van der Waals surface area contributed by atoms with Crippen LogP contribution in [-0.2, 0) is 9.84 Å². The first-order valence-corrected chi connectivity index (χ1v) is 9.69. The number of sulfone groups is 1. The van der Waals surface area contributed by atoms with Crippen LogP contribution in [0.5, 0.6) is 0 Å². The Kier molecular flexibility index (Phi) is 7.43. The molecule has 0 amide bonds. The maximum atomic E-state index is 11.3. The molecule has 0 aromatic carbocycles. The zero-order valence-electron chi connectivity index (χ0n) is 13.4. The van der Waals surface area contributed by atoms with E-state index in [0.717, 1.165) is 39.0 Å². The van der Waals surface area contributed by atoms with Crippen molar-refractivity contribution in [2.24, 2.45) is 0 Å². The van der Waals surface area contributed by atoms with Gasteiger partial charge in [-0.2, -0.15) is 0 Å². The van der Waals surface area contributed by atoms with Crippen LogP contribution < -0.4 is 5.32 Å². The summed E-state index contributed by atoms with van der Waals surface area (Å²) < 4.78 is 22.6. The molecule has 0 bridgehead atoms. The van der Waals surface area contributed by atoms with Crippen molar-refractivity contribution in [1.29, 1.82) is 0 Å². The molecule has 0 saturated carbocycles. The lowest BCUT2D eigenvalue weighted by atomic mass is 10.0. The second-order valence-corrected chi connectivity index (χ2v) is 8.36. The van der Waals surface area contributed by atoms with Gasteiger partial charge in [0.25, 0.3) is 0 Å². The summed E-state index contributed by atoms with van der Waals surface area (Å²) in [5.41, 5.74) is 0. The normalized spacial score (nSPS) is 24.5. The average Bonchev–Trinajstić information content (AvgIpc) is 2.49. The quantitative estimate of drug-likeness (QED) is 0.739. The standard InChI is InChI=1S/C14H31N3O2S/c1-5-15-13(8-6-11-20(4,18)19)14-12-16(2)9-7-10-17(14)3/h13-15H,5-12H2,1-4H3. The van der Waals surface area contributed by atoms with Gasteiger partial charge in [0.05, 0.1) is 0 Å². The molecule has 5 nitrogen and oxygen atoms in total. The molecule has 1 fully saturated rings. The van der Waals surface area contributed by atoms with Crippen molar-refractivity contribution >= 4 is 9.84 Å². The Hall–Kier alpha value is -0.170. The zero-order valence-corrected chi connectivity index (χ0v) is 14.2. The second-order valence-electron chi connectivity index (χ2n) is 6.10. The van der Waals surface area contributed by atoms with Crippen LogP contribution in [0.2, 0.25) is 0 Å². The SMILES string of the molecule is CCNC(CCCS(C)(=O)=O)C1CN(C)CCCN1C. The first kappa shape index (κ1) is 17.9. The van der Waals surface area contributed by atoms with Gasteiger partial charge in [-0.3, -0.25) is 0 Å². The van der Waals surface area contributed by atoms with Gasteiger partial charge in [0, 0.05) is 30.6 Å². The highest BCUT2D eigenvalue weighted by atomic mass is 32.2. The molecular formula is C14H31N3O2S. The topological polar surface area (TPSA) is 52.7 Å². The third kappa shape index (κ3) is 6.52. The molecule has 20 heavy (non-hydrogen) atoms. The van der Waals surface area contributed by atoms with Crippen molar-refractivity contribution in [1.82, 2.24) is 15.1 Å². The van der Waals surface area contributed by atoms with Gasteiger partial charge >= 0.3 is 0 Å². The summed E-state index contributed by atoms with van der Waals surface area (Å²) in [6.45, 7) is 6.35. The minimum Gasteiger partial charge on any atom is -0.313 e.